The Hall–Kier alpha value is -1.05. The minimum absolute atomic E-state index is 0.129. The quantitative estimate of drug-likeness (QED) is 0.257. The molecule has 0 aliphatic rings. The third-order valence-corrected chi connectivity index (χ3v) is 2.41. The lowest BCUT2D eigenvalue weighted by molar-refractivity contribution is -0.140. The van der Waals surface area contributed by atoms with Gasteiger partial charge >= 0.3 is 5.97 Å². The predicted octanol–water partition coefficient (Wildman–Crippen LogP) is 4.41. The average Bonchev–Trinajstić information content (AvgIpc) is 2.30. The Morgan fingerprint density at radius 2 is 1.71 bits per heavy atom. The second-order valence-corrected chi connectivity index (χ2v) is 4.26. The Morgan fingerprint density at radius 3 is 2.29 bits per heavy atom. The van der Waals surface area contributed by atoms with Crippen molar-refractivity contribution in [2.45, 2.75) is 65.4 Å². The van der Waals surface area contributed by atoms with E-state index < -0.39 is 0 Å². The van der Waals surface area contributed by atoms with E-state index in [1.165, 1.54) is 18.9 Å². The van der Waals surface area contributed by atoms with Crippen molar-refractivity contribution in [3.8, 4) is 0 Å². The van der Waals surface area contributed by atoms with Gasteiger partial charge in [0.15, 0.2) is 0 Å². The molecule has 0 aromatic rings. The van der Waals surface area contributed by atoms with Crippen LogP contribution in [-0.2, 0) is 9.53 Å². The molecule has 0 saturated carbocycles. The molecule has 0 amide bonds. The largest absolute Gasteiger partial charge is 0.455 e. The molecule has 0 radical (unpaired) electrons. The summed E-state index contributed by atoms with van der Waals surface area (Å²) in [7, 11) is 0. The molecule has 0 bridgehead atoms. The lowest BCUT2D eigenvalue weighted by Crippen LogP contribution is -2.10. The van der Waals surface area contributed by atoms with Crippen molar-refractivity contribution in [3.05, 3.63) is 24.3 Å². The molecule has 0 heterocycles. The van der Waals surface area contributed by atoms with E-state index in [9.17, 15) is 4.79 Å². The molecular formula is C15H26O2. The second kappa shape index (κ2) is 11.4. The van der Waals surface area contributed by atoms with Crippen LogP contribution in [0.4, 0.5) is 0 Å². The van der Waals surface area contributed by atoms with Crippen molar-refractivity contribution >= 4 is 5.97 Å². The van der Waals surface area contributed by atoms with E-state index >= 15 is 0 Å². The van der Waals surface area contributed by atoms with E-state index in [1.807, 2.05) is 19.1 Å². The maximum absolute atomic E-state index is 11.4. The average molecular weight is 238 g/mol. The second-order valence-electron chi connectivity index (χ2n) is 4.26. The monoisotopic (exact) mass is 238 g/mol. The van der Waals surface area contributed by atoms with Crippen LogP contribution < -0.4 is 0 Å². The number of ether oxygens (including phenoxy) is 1. The molecule has 0 saturated heterocycles. The zero-order chi connectivity index (χ0) is 12.9. The first kappa shape index (κ1) is 16.0. The van der Waals surface area contributed by atoms with Gasteiger partial charge in [-0.3, -0.25) is 0 Å². The normalized spacial score (nSPS) is 13.4. The van der Waals surface area contributed by atoms with E-state index in [4.69, 9.17) is 4.74 Å². The van der Waals surface area contributed by atoms with Crippen LogP contribution in [0.3, 0.4) is 0 Å². The van der Waals surface area contributed by atoms with Crippen LogP contribution in [0.2, 0.25) is 0 Å². The van der Waals surface area contributed by atoms with Crippen LogP contribution in [0.5, 0.6) is 0 Å². The third-order valence-electron chi connectivity index (χ3n) is 2.41. The number of rotatable bonds is 9. The maximum atomic E-state index is 11.4. The smallest absolute Gasteiger partial charge is 0.331 e. The predicted molar refractivity (Wildman–Crippen MR) is 72.9 cm³/mol. The van der Waals surface area contributed by atoms with Crippen molar-refractivity contribution in [1.82, 2.24) is 0 Å². The zero-order valence-corrected chi connectivity index (χ0v) is 11.4. The van der Waals surface area contributed by atoms with Gasteiger partial charge in [0.25, 0.3) is 0 Å². The molecule has 0 N–H and O–H groups in total. The first-order valence-corrected chi connectivity index (χ1v) is 6.74. The zero-order valence-electron chi connectivity index (χ0n) is 11.4. The molecule has 1 atom stereocenters. The summed E-state index contributed by atoms with van der Waals surface area (Å²) >= 11 is 0. The van der Waals surface area contributed by atoms with Crippen molar-refractivity contribution in [1.29, 1.82) is 0 Å². The number of carbonyl (C=O) groups excluding carboxylic acids is 1. The van der Waals surface area contributed by atoms with Crippen LogP contribution in [0.1, 0.15) is 59.3 Å². The van der Waals surface area contributed by atoms with E-state index in [-0.39, 0.29) is 12.1 Å². The van der Waals surface area contributed by atoms with Gasteiger partial charge in [0.05, 0.1) is 0 Å². The number of hydrogen-bond donors (Lipinski definition) is 0. The number of allylic oxidation sites excluding steroid dienone is 2. The van der Waals surface area contributed by atoms with Gasteiger partial charge in [0, 0.05) is 6.08 Å². The SMILES string of the molecule is CCCC/C=C/C(=O)OC(C)/C=C/CCCC. The van der Waals surface area contributed by atoms with Crippen LogP contribution in [0.15, 0.2) is 24.3 Å². The van der Waals surface area contributed by atoms with E-state index in [2.05, 4.69) is 19.9 Å². The molecule has 0 fully saturated rings. The molecule has 17 heavy (non-hydrogen) atoms. The van der Waals surface area contributed by atoms with Gasteiger partial charge in [-0.05, 0) is 25.8 Å². The molecule has 0 spiro atoms. The molecule has 0 rings (SSSR count). The summed E-state index contributed by atoms with van der Waals surface area (Å²) in [6.45, 7) is 6.19. The fraction of sp³-hybridized carbons (Fsp3) is 0.667. The first-order valence-electron chi connectivity index (χ1n) is 6.74. The molecule has 0 aliphatic carbocycles. The Morgan fingerprint density at radius 1 is 1.12 bits per heavy atom. The van der Waals surface area contributed by atoms with Crippen LogP contribution in [0.25, 0.3) is 0 Å². The lowest BCUT2D eigenvalue weighted by atomic mass is 10.2. The van der Waals surface area contributed by atoms with Crippen molar-refractivity contribution in [2.75, 3.05) is 0 Å². The van der Waals surface area contributed by atoms with Gasteiger partial charge in [0.1, 0.15) is 6.10 Å². The van der Waals surface area contributed by atoms with E-state index in [0.717, 1.165) is 25.7 Å². The molecule has 2 heteroatoms. The first-order chi connectivity index (χ1) is 8.20. The molecule has 0 aromatic heterocycles. The van der Waals surface area contributed by atoms with Gasteiger partial charge in [-0.25, -0.2) is 4.79 Å². The summed E-state index contributed by atoms with van der Waals surface area (Å²) in [6.07, 6.45) is 14.0. The minimum atomic E-state index is -0.242. The summed E-state index contributed by atoms with van der Waals surface area (Å²) in [5.74, 6) is -0.242. The van der Waals surface area contributed by atoms with Crippen LogP contribution >= 0.6 is 0 Å². The molecular weight excluding hydrogens is 212 g/mol. The summed E-state index contributed by atoms with van der Waals surface area (Å²) in [5, 5.41) is 0. The molecule has 2 nitrogen and oxygen atoms in total. The Bertz CT molecular complexity index is 241. The van der Waals surface area contributed by atoms with Crippen molar-refractivity contribution < 1.29 is 9.53 Å². The minimum Gasteiger partial charge on any atom is -0.455 e. The standard InChI is InChI=1S/C15H26O2/c1-4-6-8-10-12-14(3)17-15(16)13-11-9-7-5-2/h10-14H,4-9H2,1-3H3/b12-10+,13-11+. The Kier molecular flexibility index (Phi) is 10.7. The summed E-state index contributed by atoms with van der Waals surface area (Å²) in [6, 6.07) is 0. The van der Waals surface area contributed by atoms with Gasteiger partial charge < -0.3 is 4.74 Å². The number of carbonyl (C=O) groups is 1. The van der Waals surface area contributed by atoms with Gasteiger partial charge in [-0.15, -0.1) is 0 Å². The van der Waals surface area contributed by atoms with Gasteiger partial charge in [-0.1, -0.05) is 51.7 Å². The van der Waals surface area contributed by atoms with Gasteiger partial charge in [0.2, 0.25) is 0 Å². The van der Waals surface area contributed by atoms with E-state index in [0.29, 0.717) is 0 Å². The molecule has 1 unspecified atom stereocenters. The molecule has 0 aromatic carbocycles. The highest BCUT2D eigenvalue weighted by Crippen LogP contribution is 2.01. The Labute approximate surface area is 106 Å². The molecule has 98 valence electrons. The molecule has 0 aliphatic heterocycles. The summed E-state index contributed by atoms with van der Waals surface area (Å²) < 4.78 is 5.20. The fourth-order valence-electron chi connectivity index (χ4n) is 1.37. The highest BCUT2D eigenvalue weighted by Gasteiger charge is 2.01. The number of esters is 1. The number of hydrogen-bond acceptors (Lipinski definition) is 2. The summed E-state index contributed by atoms with van der Waals surface area (Å²) in [5.41, 5.74) is 0. The van der Waals surface area contributed by atoms with E-state index in [1.54, 1.807) is 0 Å². The highest BCUT2D eigenvalue weighted by atomic mass is 16.5. The highest BCUT2D eigenvalue weighted by molar-refractivity contribution is 5.82. The van der Waals surface area contributed by atoms with Crippen molar-refractivity contribution in [3.63, 3.8) is 0 Å². The van der Waals surface area contributed by atoms with Crippen LogP contribution in [0, 0.1) is 0 Å². The summed E-state index contributed by atoms with van der Waals surface area (Å²) in [4.78, 5) is 11.4. The van der Waals surface area contributed by atoms with Crippen molar-refractivity contribution in [2.24, 2.45) is 0 Å². The third kappa shape index (κ3) is 11.2. The van der Waals surface area contributed by atoms with Gasteiger partial charge in [-0.2, -0.15) is 0 Å². The Balaban J connectivity index is 3.71. The number of unbranched alkanes of at least 4 members (excludes halogenated alkanes) is 4. The maximum Gasteiger partial charge on any atom is 0.331 e. The topological polar surface area (TPSA) is 26.3 Å². The fourth-order valence-corrected chi connectivity index (χ4v) is 1.37. The lowest BCUT2D eigenvalue weighted by Gasteiger charge is -2.06. The van der Waals surface area contributed by atoms with Crippen LogP contribution in [-0.4, -0.2) is 12.1 Å².